The molecule has 0 atom stereocenters. The maximum atomic E-state index is 11.7. The van der Waals surface area contributed by atoms with Crippen LogP contribution in [0.25, 0.3) is 0 Å². The molecule has 3 N–H and O–H groups in total. The molecule has 6 nitrogen and oxygen atoms in total. The lowest BCUT2D eigenvalue weighted by Crippen LogP contribution is -2.14. The third-order valence-corrected chi connectivity index (χ3v) is 2.78. The van der Waals surface area contributed by atoms with Crippen molar-refractivity contribution >= 4 is 29.2 Å². The lowest BCUT2D eigenvalue weighted by atomic mass is 10.3. The summed E-state index contributed by atoms with van der Waals surface area (Å²) in [6, 6.07) is 7.44. The van der Waals surface area contributed by atoms with E-state index in [4.69, 9.17) is 5.73 Å². The second kappa shape index (κ2) is 4.88. The van der Waals surface area contributed by atoms with E-state index in [0.717, 1.165) is 4.90 Å². The van der Waals surface area contributed by atoms with Gasteiger partial charge in [0, 0.05) is 10.6 Å². The molecule has 0 aliphatic carbocycles. The van der Waals surface area contributed by atoms with Gasteiger partial charge in [-0.15, -0.1) is 11.8 Å². The van der Waals surface area contributed by atoms with Gasteiger partial charge in [0.15, 0.2) is 0 Å². The number of amides is 1. The van der Waals surface area contributed by atoms with Gasteiger partial charge in [-0.25, -0.2) is 4.63 Å². The number of aromatic nitrogens is 2. The number of nitrogen functional groups attached to an aromatic ring is 1. The molecule has 1 heterocycles. The van der Waals surface area contributed by atoms with Crippen LogP contribution in [-0.2, 0) is 0 Å². The van der Waals surface area contributed by atoms with E-state index in [1.807, 2.05) is 24.5 Å². The fraction of sp³-hybridized carbons (Fsp3) is 0.100. The van der Waals surface area contributed by atoms with Crippen LogP contribution in [-0.4, -0.2) is 22.5 Å². The minimum atomic E-state index is -0.443. The van der Waals surface area contributed by atoms with Gasteiger partial charge >= 0.3 is 0 Å². The summed E-state index contributed by atoms with van der Waals surface area (Å²) in [4.78, 5) is 12.8. The van der Waals surface area contributed by atoms with Crippen molar-refractivity contribution in [3.05, 3.63) is 30.0 Å². The Morgan fingerprint density at radius 2 is 2.29 bits per heavy atom. The Morgan fingerprint density at radius 3 is 2.94 bits per heavy atom. The molecule has 0 spiro atoms. The molecule has 0 unspecified atom stereocenters. The van der Waals surface area contributed by atoms with Crippen molar-refractivity contribution in [1.82, 2.24) is 10.3 Å². The molecule has 17 heavy (non-hydrogen) atoms. The van der Waals surface area contributed by atoms with Crippen LogP contribution in [0.3, 0.4) is 0 Å². The Bertz CT molecular complexity index is 541. The van der Waals surface area contributed by atoms with E-state index in [9.17, 15) is 4.79 Å². The number of nitrogens with two attached hydrogens (primary N) is 1. The van der Waals surface area contributed by atoms with Crippen molar-refractivity contribution in [3.8, 4) is 0 Å². The monoisotopic (exact) mass is 250 g/mol. The molecule has 0 radical (unpaired) electrons. The highest BCUT2D eigenvalue weighted by Crippen LogP contribution is 2.19. The minimum Gasteiger partial charge on any atom is -0.379 e. The van der Waals surface area contributed by atoms with E-state index in [2.05, 4.69) is 20.3 Å². The summed E-state index contributed by atoms with van der Waals surface area (Å²) < 4.78 is 4.36. The van der Waals surface area contributed by atoms with Gasteiger partial charge < -0.3 is 11.1 Å². The van der Waals surface area contributed by atoms with Gasteiger partial charge in [-0.1, -0.05) is 6.07 Å². The van der Waals surface area contributed by atoms with Gasteiger partial charge in [-0.05, 0) is 34.8 Å². The summed E-state index contributed by atoms with van der Waals surface area (Å²) in [7, 11) is 0. The second-order valence-electron chi connectivity index (χ2n) is 3.18. The number of carbonyl (C=O) groups is 1. The number of hydrogen-bond acceptors (Lipinski definition) is 6. The van der Waals surface area contributed by atoms with Gasteiger partial charge in [0.2, 0.25) is 11.5 Å². The van der Waals surface area contributed by atoms with Crippen LogP contribution < -0.4 is 11.1 Å². The van der Waals surface area contributed by atoms with Crippen molar-refractivity contribution in [2.75, 3.05) is 17.3 Å². The standard InChI is InChI=1S/C10H10N4O2S/c1-17-7-4-2-3-6(5-7)12-10(15)8-9(11)14-16-13-8/h2-5H,1H3,(H2,11,14)(H,12,15). The highest BCUT2D eigenvalue weighted by atomic mass is 32.2. The Balaban J connectivity index is 2.16. The van der Waals surface area contributed by atoms with Crippen LogP contribution >= 0.6 is 11.8 Å². The number of benzene rings is 1. The van der Waals surface area contributed by atoms with Crippen LogP contribution in [0.1, 0.15) is 10.5 Å². The highest BCUT2D eigenvalue weighted by molar-refractivity contribution is 7.98. The first-order chi connectivity index (χ1) is 8.20. The molecule has 2 rings (SSSR count). The minimum absolute atomic E-state index is 0.0143. The molecule has 0 saturated carbocycles. The first-order valence-electron chi connectivity index (χ1n) is 4.74. The van der Waals surface area contributed by atoms with Crippen molar-refractivity contribution in [2.24, 2.45) is 0 Å². The first-order valence-corrected chi connectivity index (χ1v) is 5.96. The Labute approximate surface area is 102 Å². The molecule has 0 bridgehead atoms. The zero-order valence-electron chi connectivity index (χ0n) is 9.01. The summed E-state index contributed by atoms with van der Waals surface area (Å²) in [6.07, 6.45) is 1.96. The number of rotatable bonds is 3. The number of nitrogens with one attached hydrogen (secondary N) is 1. The number of hydrogen-bond donors (Lipinski definition) is 2. The normalized spacial score (nSPS) is 10.2. The largest absolute Gasteiger partial charge is 0.379 e. The molecule has 7 heteroatoms. The summed E-state index contributed by atoms with van der Waals surface area (Å²) in [5, 5.41) is 9.43. The molecule has 1 amide bonds. The average Bonchev–Trinajstić information content (AvgIpc) is 2.76. The molecule has 0 aliphatic rings. The summed E-state index contributed by atoms with van der Waals surface area (Å²) in [5.74, 6) is -0.467. The average molecular weight is 250 g/mol. The van der Waals surface area contributed by atoms with Crippen LogP contribution in [0.2, 0.25) is 0 Å². The zero-order valence-corrected chi connectivity index (χ0v) is 9.82. The maximum absolute atomic E-state index is 11.7. The lowest BCUT2D eigenvalue weighted by molar-refractivity contribution is 0.101. The third-order valence-electron chi connectivity index (χ3n) is 2.06. The predicted molar refractivity (Wildman–Crippen MR) is 64.9 cm³/mol. The number of anilines is 2. The molecular weight excluding hydrogens is 240 g/mol. The van der Waals surface area contributed by atoms with E-state index in [1.165, 1.54) is 0 Å². The number of carbonyl (C=O) groups excluding carboxylic acids is 1. The molecule has 0 aliphatic heterocycles. The van der Waals surface area contributed by atoms with Crippen LogP contribution in [0, 0.1) is 0 Å². The van der Waals surface area contributed by atoms with E-state index < -0.39 is 5.91 Å². The molecule has 0 fully saturated rings. The summed E-state index contributed by atoms with van der Waals surface area (Å²) >= 11 is 1.59. The van der Waals surface area contributed by atoms with Gasteiger partial charge in [0.25, 0.3) is 5.91 Å². The maximum Gasteiger partial charge on any atom is 0.281 e. The predicted octanol–water partition coefficient (Wildman–Crippen LogP) is 1.63. The molecule has 88 valence electrons. The fourth-order valence-corrected chi connectivity index (χ4v) is 1.70. The molecule has 1 aromatic carbocycles. The Hall–Kier alpha value is -2.02. The van der Waals surface area contributed by atoms with Gasteiger partial charge in [-0.3, -0.25) is 4.79 Å². The SMILES string of the molecule is CSc1cccc(NC(=O)c2nonc2N)c1. The van der Waals surface area contributed by atoms with E-state index >= 15 is 0 Å². The quantitative estimate of drug-likeness (QED) is 0.804. The lowest BCUT2D eigenvalue weighted by Gasteiger charge is -2.04. The van der Waals surface area contributed by atoms with E-state index in [0.29, 0.717) is 5.69 Å². The van der Waals surface area contributed by atoms with E-state index in [1.54, 1.807) is 17.8 Å². The van der Waals surface area contributed by atoms with Gasteiger partial charge in [0.05, 0.1) is 0 Å². The fourth-order valence-electron chi connectivity index (χ4n) is 1.24. The highest BCUT2D eigenvalue weighted by Gasteiger charge is 2.15. The molecule has 0 saturated heterocycles. The number of thioether (sulfide) groups is 1. The molecular formula is C10H10N4O2S. The van der Waals surface area contributed by atoms with Crippen molar-refractivity contribution < 1.29 is 9.42 Å². The third kappa shape index (κ3) is 2.56. The van der Waals surface area contributed by atoms with Crippen LogP contribution in [0.15, 0.2) is 33.8 Å². The van der Waals surface area contributed by atoms with Crippen LogP contribution in [0.5, 0.6) is 0 Å². The number of nitrogens with zero attached hydrogens (tertiary/aromatic N) is 2. The second-order valence-corrected chi connectivity index (χ2v) is 4.06. The van der Waals surface area contributed by atoms with E-state index in [-0.39, 0.29) is 11.5 Å². The van der Waals surface area contributed by atoms with Crippen molar-refractivity contribution in [1.29, 1.82) is 0 Å². The molecule has 2 aromatic rings. The van der Waals surface area contributed by atoms with Crippen molar-refractivity contribution in [2.45, 2.75) is 4.90 Å². The van der Waals surface area contributed by atoms with Crippen molar-refractivity contribution in [3.63, 3.8) is 0 Å². The van der Waals surface area contributed by atoms with Gasteiger partial charge in [-0.2, -0.15) is 0 Å². The molecule has 1 aromatic heterocycles. The van der Waals surface area contributed by atoms with Crippen LogP contribution in [0.4, 0.5) is 11.5 Å². The topological polar surface area (TPSA) is 94.0 Å². The first kappa shape index (κ1) is 11.5. The Kier molecular flexibility index (Phi) is 3.29. The summed E-state index contributed by atoms with van der Waals surface area (Å²) in [6.45, 7) is 0. The summed E-state index contributed by atoms with van der Waals surface area (Å²) in [5.41, 5.74) is 6.08. The zero-order chi connectivity index (χ0) is 12.3. The van der Waals surface area contributed by atoms with Gasteiger partial charge in [0.1, 0.15) is 0 Å². The Morgan fingerprint density at radius 1 is 1.47 bits per heavy atom. The smallest absolute Gasteiger partial charge is 0.281 e.